The molecule has 8 heteroatoms. The van der Waals surface area contributed by atoms with E-state index < -0.39 is 17.5 Å². The highest BCUT2D eigenvalue weighted by Gasteiger charge is 2.55. The summed E-state index contributed by atoms with van der Waals surface area (Å²) >= 11 is 0. The topological polar surface area (TPSA) is 92.1 Å². The van der Waals surface area contributed by atoms with Crippen molar-refractivity contribution in [1.82, 2.24) is 15.1 Å². The molecule has 32 heavy (non-hydrogen) atoms. The maximum absolute atomic E-state index is 13.5. The Morgan fingerprint density at radius 1 is 1.16 bits per heavy atom. The zero-order valence-corrected chi connectivity index (χ0v) is 17.7. The van der Waals surface area contributed by atoms with Gasteiger partial charge in [0, 0.05) is 17.7 Å². The standard InChI is InChI=1S/C24H25N3O5/c28-21(26(15-18-9-6-13-31-18)17-7-2-1-3-8-17)16-27-22(29)24(25-23(27)30)12-14-32-20-11-5-4-10-19(20)24/h4-7,9-11,13H,1-3,8,12,14-16H2,(H,25,30)/t24-/m1/s1. The minimum absolute atomic E-state index is 0.267. The maximum Gasteiger partial charge on any atom is 0.325 e. The van der Waals surface area contributed by atoms with Crippen molar-refractivity contribution < 1.29 is 23.5 Å². The van der Waals surface area contributed by atoms with Gasteiger partial charge in [-0.1, -0.05) is 24.3 Å². The monoisotopic (exact) mass is 435 g/mol. The van der Waals surface area contributed by atoms with E-state index in [0.29, 0.717) is 30.1 Å². The van der Waals surface area contributed by atoms with E-state index >= 15 is 0 Å². The molecule has 4 amide bonds. The van der Waals surface area contributed by atoms with Crippen LogP contribution in [0.4, 0.5) is 4.79 Å². The molecule has 1 atom stereocenters. The third-order valence-electron chi connectivity index (χ3n) is 6.36. The van der Waals surface area contributed by atoms with Crippen LogP contribution in [-0.4, -0.2) is 40.8 Å². The highest BCUT2D eigenvalue weighted by atomic mass is 16.5. The number of fused-ring (bicyclic) bond motifs is 2. The normalized spacial score (nSPS) is 22.2. The van der Waals surface area contributed by atoms with Crippen molar-refractivity contribution >= 4 is 17.8 Å². The molecule has 1 aromatic carbocycles. The van der Waals surface area contributed by atoms with Crippen LogP contribution in [0.3, 0.4) is 0 Å². The first kappa shape index (κ1) is 20.4. The van der Waals surface area contributed by atoms with Gasteiger partial charge in [-0.15, -0.1) is 0 Å². The second-order valence-corrected chi connectivity index (χ2v) is 8.32. The predicted octanol–water partition coefficient (Wildman–Crippen LogP) is 3.30. The number of hydrogen-bond acceptors (Lipinski definition) is 5. The van der Waals surface area contributed by atoms with Crippen LogP contribution in [0.2, 0.25) is 0 Å². The highest BCUT2D eigenvalue weighted by molar-refractivity contribution is 6.09. The molecule has 0 radical (unpaired) electrons. The minimum Gasteiger partial charge on any atom is -0.493 e. The van der Waals surface area contributed by atoms with Gasteiger partial charge in [0.2, 0.25) is 5.91 Å². The molecule has 2 aromatic rings. The van der Waals surface area contributed by atoms with E-state index in [-0.39, 0.29) is 19.0 Å². The maximum atomic E-state index is 13.5. The van der Waals surface area contributed by atoms with Crippen LogP contribution in [-0.2, 0) is 21.7 Å². The smallest absolute Gasteiger partial charge is 0.325 e. The van der Waals surface area contributed by atoms with Crippen LogP contribution in [0.5, 0.6) is 5.75 Å². The van der Waals surface area contributed by atoms with Crippen LogP contribution in [0.15, 0.2) is 58.9 Å². The van der Waals surface area contributed by atoms with E-state index in [1.165, 1.54) is 0 Å². The molecule has 1 aliphatic carbocycles. The molecule has 1 N–H and O–H groups in total. The van der Waals surface area contributed by atoms with Gasteiger partial charge in [0.1, 0.15) is 18.1 Å². The molecule has 0 saturated carbocycles. The SMILES string of the molecule is O=C(CN1C(=O)N[C@@]2(CCOc3ccccc32)C1=O)N(Cc1ccco1)C1=CCCCC1. The second-order valence-electron chi connectivity index (χ2n) is 8.32. The molecule has 0 unspecified atom stereocenters. The number of ether oxygens (including phenoxy) is 1. The molecule has 0 bridgehead atoms. The number of benzene rings is 1. The summed E-state index contributed by atoms with van der Waals surface area (Å²) in [7, 11) is 0. The molecule has 1 spiro atoms. The van der Waals surface area contributed by atoms with Crippen molar-refractivity contribution in [2.75, 3.05) is 13.2 Å². The molecule has 3 aliphatic rings. The molecule has 2 aliphatic heterocycles. The number of carbonyl (C=O) groups is 3. The lowest BCUT2D eigenvalue weighted by molar-refractivity contribution is -0.139. The first-order valence-electron chi connectivity index (χ1n) is 11.0. The molecule has 166 valence electrons. The van der Waals surface area contributed by atoms with Gasteiger partial charge in [-0.2, -0.15) is 0 Å². The number of urea groups is 1. The molecule has 3 heterocycles. The summed E-state index contributed by atoms with van der Waals surface area (Å²) in [5.41, 5.74) is 0.347. The lowest BCUT2D eigenvalue weighted by Gasteiger charge is -2.33. The Morgan fingerprint density at radius 3 is 2.81 bits per heavy atom. The quantitative estimate of drug-likeness (QED) is 0.728. The lowest BCUT2D eigenvalue weighted by atomic mass is 9.84. The minimum atomic E-state index is -1.19. The third kappa shape index (κ3) is 3.45. The Morgan fingerprint density at radius 2 is 2.03 bits per heavy atom. The van der Waals surface area contributed by atoms with Crippen LogP contribution in [0.25, 0.3) is 0 Å². The fourth-order valence-electron chi connectivity index (χ4n) is 4.71. The summed E-state index contributed by atoms with van der Waals surface area (Å²) in [5.74, 6) is 0.502. The first-order valence-corrected chi connectivity index (χ1v) is 11.0. The molecule has 1 saturated heterocycles. The Balaban J connectivity index is 1.40. The molecule has 1 aromatic heterocycles. The summed E-state index contributed by atoms with van der Waals surface area (Å²) < 4.78 is 11.1. The van der Waals surface area contributed by atoms with Crippen molar-refractivity contribution in [3.05, 3.63) is 65.8 Å². The summed E-state index contributed by atoms with van der Waals surface area (Å²) in [5, 5.41) is 2.85. The highest BCUT2D eigenvalue weighted by Crippen LogP contribution is 2.41. The molecule has 5 rings (SSSR count). The fraction of sp³-hybridized carbons (Fsp3) is 0.375. The van der Waals surface area contributed by atoms with Gasteiger partial charge in [0.25, 0.3) is 5.91 Å². The molecular formula is C24H25N3O5. The number of hydrogen-bond donors (Lipinski definition) is 1. The number of imide groups is 1. The average molecular weight is 435 g/mol. The molecule has 1 fully saturated rings. The van der Waals surface area contributed by atoms with Crippen LogP contribution >= 0.6 is 0 Å². The Kier molecular flexibility index (Phi) is 5.20. The number of para-hydroxylation sites is 1. The van der Waals surface area contributed by atoms with Crippen molar-refractivity contribution in [2.45, 2.75) is 44.2 Å². The van der Waals surface area contributed by atoms with Crippen molar-refractivity contribution in [3.8, 4) is 5.75 Å². The number of furan rings is 1. The number of rotatable bonds is 5. The zero-order valence-electron chi connectivity index (χ0n) is 17.7. The molecule has 8 nitrogen and oxygen atoms in total. The zero-order chi connectivity index (χ0) is 22.1. The number of allylic oxidation sites excluding steroid dienone is 2. The number of amides is 4. The van der Waals surface area contributed by atoms with Gasteiger partial charge in [0.05, 0.1) is 19.4 Å². The van der Waals surface area contributed by atoms with E-state index in [1.54, 1.807) is 29.4 Å². The van der Waals surface area contributed by atoms with Gasteiger partial charge in [-0.05, 0) is 43.9 Å². The Hall–Kier alpha value is -3.55. The van der Waals surface area contributed by atoms with Crippen LogP contribution in [0, 0.1) is 0 Å². The molecular weight excluding hydrogens is 410 g/mol. The van der Waals surface area contributed by atoms with Crippen LogP contribution in [0.1, 0.15) is 43.4 Å². The van der Waals surface area contributed by atoms with Gasteiger partial charge >= 0.3 is 6.03 Å². The van der Waals surface area contributed by atoms with E-state index in [2.05, 4.69) is 11.4 Å². The van der Waals surface area contributed by atoms with Crippen LogP contribution < -0.4 is 10.1 Å². The Labute approximate surface area is 185 Å². The summed E-state index contributed by atoms with van der Waals surface area (Å²) in [4.78, 5) is 42.4. The first-order chi connectivity index (χ1) is 15.6. The van der Waals surface area contributed by atoms with Crippen molar-refractivity contribution in [2.24, 2.45) is 0 Å². The van der Waals surface area contributed by atoms with Crippen molar-refractivity contribution in [3.63, 3.8) is 0 Å². The van der Waals surface area contributed by atoms with E-state index in [4.69, 9.17) is 9.15 Å². The summed E-state index contributed by atoms with van der Waals surface area (Å²) in [6.45, 7) is 0.249. The lowest BCUT2D eigenvalue weighted by Crippen LogP contribution is -2.48. The van der Waals surface area contributed by atoms with Gasteiger partial charge in [0.15, 0.2) is 5.54 Å². The van der Waals surface area contributed by atoms with Gasteiger partial charge in [-0.3, -0.25) is 14.5 Å². The Bertz CT molecular complexity index is 1080. The fourth-order valence-corrected chi connectivity index (χ4v) is 4.71. The average Bonchev–Trinajstić information content (AvgIpc) is 3.41. The largest absolute Gasteiger partial charge is 0.493 e. The van der Waals surface area contributed by atoms with E-state index in [1.807, 2.05) is 18.2 Å². The summed E-state index contributed by atoms with van der Waals surface area (Å²) in [6, 6.07) is 10.2. The predicted molar refractivity (Wildman–Crippen MR) is 114 cm³/mol. The van der Waals surface area contributed by atoms with E-state index in [0.717, 1.165) is 36.3 Å². The number of nitrogens with zero attached hydrogens (tertiary/aromatic N) is 2. The van der Waals surface area contributed by atoms with Gasteiger partial charge in [-0.25, -0.2) is 4.79 Å². The second kappa shape index (κ2) is 8.18. The van der Waals surface area contributed by atoms with E-state index in [9.17, 15) is 14.4 Å². The van der Waals surface area contributed by atoms with Crippen molar-refractivity contribution in [1.29, 1.82) is 0 Å². The third-order valence-corrected chi connectivity index (χ3v) is 6.36. The summed E-state index contributed by atoms with van der Waals surface area (Å²) in [6.07, 6.45) is 7.71. The number of carbonyl (C=O) groups excluding carboxylic acids is 3. The van der Waals surface area contributed by atoms with Gasteiger partial charge < -0.3 is 19.4 Å². The number of nitrogens with one attached hydrogen (secondary N) is 1.